The quantitative estimate of drug-likeness (QED) is 0.687. The van der Waals surface area contributed by atoms with E-state index >= 15 is 0 Å². The van der Waals surface area contributed by atoms with Gasteiger partial charge >= 0.3 is 0 Å². The van der Waals surface area contributed by atoms with Crippen LogP contribution < -0.4 is 14.6 Å². The fourth-order valence-electron chi connectivity index (χ4n) is 3.82. The van der Waals surface area contributed by atoms with Gasteiger partial charge in [0.2, 0.25) is 0 Å². The molecule has 1 aliphatic heterocycles. The summed E-state index contributed by atoms with van der Waals surface area (Å²) in [6, 6.07) is 11.6. The second kappa shape index (κ2) is 7.57. The first kappa shape index (κ1) is 20.1. The zero-order valence-corrected chi connectivity index (χ0v) is 17.4. The molecule has 2 heterocycles. The molecule has 3 aromatic rings. The predicted octanol–water partition coefficient (Wildman–Crippen LogP) is 2.35. The van der Waals surface area contributed by atoms with Gasteiger partial charge in [-0.3, -0.25) is 4.98 Å². The number of ether oxygens (including phenoxy) is 2. The lowest BCUT2D eigenvalue weighted by Crippen LogP contribution is -2.40. The highest BCUT2D eigenvalue weighted by molar-refractivity contribution is 7.86. The second-order valence-electron chi connectivity index (χ2n) is 7.00. The van der Waals surface area contributed by atoms with Gasteiger partial charge in [-0.15, -0.1) is 0 Å². The minimum absolute atomic E-state index is 0.198. The van der Waals surface area contributed by atoms with Crippen LogP contribution in [-0.4, -0.2) is 38.5 Å². The zero-order chi connectivity index (χ0) is 21.5. The number of aromatic nitrogens is 1. The molecule has 0 aliphatic carbocycles. The number of pyridine rings is 1. The highest BCUT2D eigenvalue weighted by Crippen LogP contribution is 2.38. The number of fused-ring (bicyclic) bond motifs is 2. The van der Waals surface area contributed by atoms with E-state index in [9.17, 15) is 13.7 Å². The van der Waals surface area contributed by atoms with Gasteiger partial charge in [0.05, 0.1) is 25.3 Å². The number of hydrogen-bond acceptors (Lipinski definition) is 6. The van der Waals surface area contributed by atoms with Crippen molar-refractivity contribution in [2.24, 2.45) is 5.14 Å². The smallest absolute Gasteiger partial charge is 0.277 e. The van der Waals surface area contributed by atoms with Gasteiger partial charge in [0.15, 0.2) is 11.5 Å². The molecule has 0 spiro atoms. The van der Waals surface area contributed by atoms with E-state index in [4.69, 9.17) is 14.6 Å². The first-order chi connectivity index (χ1) is 14.4. The Bertz CT molecular complexity index is 1300. The molecule has 4 rings (SSSR count). The molecule has 0 atom stereocenters. The van der Waals surface area contributed by atoms with Crippen molar-refractivity contribution in [3.05, 3.63) is 53.2 Å². The molecule has 30 heavy (non-hydrogen) atoms. The van der Waals surface area contributed by atoms with Gasteiger partial charge in [0.25, 0.3) is 10.2 Å². The van der Waals surface area contributed by atoms with E-state index < -0.39 is 10.2 Å². The van der Waals surface area contributed by atoms with E-state index in [1.54, 1.807) is 26.4 Å². The Morgan fingerprint density at radius 1 is 1.13 bits per heavy atom. The van der Waals surface area contributed by atoms with E-state index in [1.807, 2.05) is 18.2 Å². The third kappa shape index (κ3) is 3.45. The SMILES string of the molecule is COc1cc2ncc(C#N)c(-c3ccc4c(c3)CN(S(N)(=O)=O)CC4)c2cc1OC. The number of rotatable bonds is 4. The van der Waals surface area contributed by atoms with Gasteiger partial charge < -0.3 is 9.47 Å². The fourth-order valence-corrected chi connectivity index (χ4v) is 4.48. The van der Waals surface area contributed by atoms with Crippen molar-refractivity contribution in [3.8, 4) is 28.7 Å². The summed E-state index contributed by atoms with van der Waals surface area (Å²) < 4.78 is 35.6. The summed E-state index contributed by atoms with van der Waals surface area (Å²) in [6.45, 7) is 0.549. The zero-order valence-electron chi connectivity index (χ0n) is 16.5. The summed E-state index contributed by atoms with van der Waals surface area (Å²) in [4.78, 5) is 4.39. The Hall–Kier alpha value is -3.19. The first-order valence-electron chi connectivity index (χ1n) is 9.20. The normalized spacial score (nSPS) is 14.2. The van der Waals surface area contributed by atoms with Gasteiger partial charge in [-0.05, 0) is 35.2 Å². The molecule has 2 N–H and O–H groups in total. The molecular weight excluding hydrogens is 404 g/mol. The lowest BCUT2D eigenvalue weighted by atomic mass is 9.92. The molecule has 0 bridgehead atoms. The van der Waals surface area contributed by atoms with Crippen molar-refractivity contribution in [1.82, 2.24) is 9.29 Å². The van der Waals surface area contributed by atoms with Crippen LogP contribution in [0.4, 0.5) is 0 Å². The molecule has 0 fully saturated rings. The van der Waals surface area contributed by atoms with Crippen molar-refractivity contribution in [1.29, 1.82) is 5.26 Å². The van der Waals surface area contributed by atoms with Crippen molar-refractivity contribution >= 4 is 21.1 Å². The van der Waals surface area contributed by atoms with Crippen LogP contribution in [0.3, 0.4) is 0 Å². The molecule has 0 amide bonds. The number of benzene rings is 2. The molecule has 0 unspecified atom stereocenters. The fraction of sp³-hybridized carbons (Fsp3) is 0.238. The molecule has 0 saturated heterocycles. The van der Waals surface area contributed by atoms with Crippen molar-refractivity contribution in [2.45, 2.75) is 13.0 Å². The monoisotopic (exact) mass is 424 g/mol. The van der Waals surface area contributed by atoms with Crippen LogP contribution in [0.25, 0.3) is 22.0 Å². The highest BCUT2D eigenvalue weighted by atomic mass is 32.2. The minimum Gasteiger partial charge on any atom is -0.493 e. The Kier molecular flexibility index (Phi) is 5.07. The molecular formula is C21H20N4O4S. The van der Waals surface area contributed by atoms with E-state index in [0.717, 1.165) is 22.1 Å². The standard InChI is InChI=1S/C21H20N4O4S/c1-28-19-8-17-18(9-20(19)29-2)24-11-16(10-22)21(17)14-4-3-13-5-6-25(30(23,26)27)12-15(13)7-14/h3-4,7-9,11H,5-6,12H2,1-2H3,(H2,23,26,27). The average molecular weight is 424 g/mol. The Balaban J connectivity index is 1.92. The van der Waals surface area contributed by atoms with E-state index in [-0.39, 0.29) is 6.54 Å². The van der Waals surface area contributed by atoms with Crippen LogP contribution in [-0.2, 0) is 23.2 Å². The van der Waals surface area contributed by atoms with E-state index in [2.05, 4.69) is 11.1 Å². The average Bonchev–Trinajstić information content (AvgIpc) is 2.75. The molecule has 0 radical (unpaired) electrons. The van der Waals surface area contributed by atoms with Gasteiger partial charge in [0.1, 0.15) is 6.07 Å². The summed E-state index contributed by atoms with van der Waals surface area (Å²) in [7, 11) is -0.672. The summed E-state index contributed by atoms with van der Waals surface area (Å²) in [5.74, 6) is 1.07. The molecule has 9 heteroatoms. The maximum Gasteiger partial charge on any atom is 0.277 e. The van der Waals surface area contributed by atoms with E-state index in [1.165, 1.54) is 10.5 Å². The van der Waals surface area contributed by atoms with Crippen LogP contribution in [0, 0.1) is 11.3 Å². The third-order valence-corrected chi connectivity index (χ3v) is 6.36. The van der Waals surface area contributed by atoms with Crippen LogP contribution in [0.15, 0.2) is 36.5 Å². The minimum atomic E-state index is -3.77. The van der Waals surface area contributed by atoms with Crippen LogP contribution in [0.2, 0.25) is 0 Å². The predicted molar refractivity (Wildman–Crippen MR) is 112 cm³/mol. The summed E-state index contributed by atoms with van der Waals surface area (Å²) >= 11 is 0. The topological polar surface area (TPSA) is 119 Å². The first-order valence-corrected chi connectivity index (χ1v) is 10.7. The second-order valence-corrected chi connectivity index (χ2v) is 8.54. The maximum absolute atomic E-state index is 11.8. The Morgan fingerprint density at radius 3 is 2.53 bits per heavy atom. The third-order valence-electron chi connectivity index (χ3n) is 5.33. The molecule has 0 saturated carbocycles. The van der Waals surface area contributed by atoms with Crippen LogP contribution in [0.1, 0.15) is 16.7 Å². The highest BCUT2D eigenvalue weighted by Gasteiger charge is 2.24. The van der Waals surface area contributed by atoms with Crippen molar-refractivity contribution in [3.63, 3.8) is 0 Å². The summed E-state index contributed by atoms with van der Waals surface area (Å²) in [5.41, 5.74) is 4.50. The van der Waals surface area contributed by atoms with Gasteiger partial charge in [-0.1, -0.05) is 12.1 Å². The maximum atomic E-state index is 11.8. The summed E-state index contributed by atoms with van der Waals surface area (Å²) in [6.07, 6.45) is 2.11. The van der Waals surface area contributed by atoms with Crippen molar-refractivity contribution < 1.29 is 17.9 Å². The van der Waals surface area contributed by atoms with Crippen LogP contribution >= 0.6 is 0 Å². The molecule has 2 aromatic carbocycles. The number of hydrogen-bond donors (Lipinski definition) is 1. The van der Waals surface area contributed by atoms with Gasteiger partial charge in [-0.25, -0.2) is 5.14 Å². The van der Waals surface area contributed by atoms with Gasteiger partial charge in [-0.2, -0.15) is 18.0 Å². The van der Waals surface area contributed by atoms with Crippen molar-refractivity contribution in [2.75, 3.05) is 20.8 Å². The number of methoxy groups -OCH3 is 2. The largest absolute Gasteiger partial charge is 0.493 e. The number of nitrogens with two attached hydrogens (primary N) is 1. The lowest BCUT2D eigenvalue weighted by molar-refractivity contribution is 0.356. The summed E-state index contributed by atoms with van der Waals surface area (Å²) in [5, 5.41) is 15.8. The van der Waals surface area contributed by atoms with E-state index in [0.29, 0.717) is 41.1 Å². The molecule has 8 nitrogen and oxygen atoms in total. The number of nitriles is 1. The Morgan fingerprint density at radius 2 is 1.87 bits per heavy atom. The van der Waals surface area contributed by atoms with Crippen LogP contribution in [0.5, 0.6) is 11.5 Å². The van der Waals surface area contributed by atoms with Gasteiger partial charge in [0, 0.05) is 36.3 Å². The number of nitrogens with zero attached hydrogens (tertiary/aromatic N) is 3. The molecule has 1 aromatic heterocycles. The molecule has 1 aliphatic rings. The molecule has 154 valence electrons. The Labute approximate surface area is 174 Å². The lowest BCUT2D eigenvalue weighted by Gasteiger charge is -2.27.